The standard InChI is InChI=1S/C9H21O4P/c1-9(2)7-5-4-6-8-13-14(10,11)12-3/h9H,4-8H2,1-3H3,(H,10,11). The molecule has 0 amide bonds. The van der Waals surface area contributed by atoms with Crippen molar-refractivity contribution >= 4 is 7.82 Å². The largest absolute Gasteiger partial charge is 0.471 e. The fraction of sp³-hybridized carbons (Fsp3) is 1.00. The highest BCUT2D eigenvalue weighted by atomic mass is 31.2. The fourth-order valence-corrected chi connectivity index (χ4v) is 1.53. The lowest BCUT2D eigenvalue weighted by Crippen LogP contribution is -1.95. The molecule has 14 heavy (non-hydrogen) atoms. The second-order valence-corrected chi connectivity index (χ2v) is 5.29. The van der Waals surface area contributed by atoms with Gasteiger partial charge >= 0.3 is 7.82 Å². The van der Waals surface area contributed by atoms with E-state index < -0.39 is 7.82 Å². The lowest BCUT2D eigenvalue weighted by Gasteiger charge is -2.08. The molecular weight excluding hydrogens is 203 g/mol. The summed E-state index contributed by atoms with van der Waals surface area (Å²) in [6, 6.07) is 0. The van der Waals surface area contributed by atoms with Crippen molar-refractivity contribution in [3.63, 3.8) is 0 Å². The van der Waals surface area contributed by atoms with Gasteiger partial charge in [0.2, 0.25) is 0 Å². The van der Waals surface area contributed by atoms with Gasteiger partial charge in [0, 0.05) is 7.11 Å². The van der Waals surface area contributed by atoms with E-state index in [9.17, 15) is 4.57 Å². The van der Waals surface area contributed by atoms with Crippen LogP contribution in [0.1, 0.15) is 39.5 Å². The average Bonchev–Trinajstić information content (AvgIpc) is 2.10. The first kappa shape index (κ1) is 14.1. The van der Waals surface area contributed by atoms with Crippen molar-refractivity contribution in [1.29, 1.82) is 0 Å². The molecule has 0 heterocycles. The summed E-state index contributed by atoms with van der Waals surface area (Å²) in [6.45, 7) is 4.66. The molecular formula is C9H21O4P. The van der Waals surface area contributed by atoms with Crippen LogP contribution in [0.15, 0.2) is 0 Å². The van der Waals surface area contributed by atoms with Crippen molar-refractivity contribution in [2.24, 2.45) is 5.92 Å². The Kier molecular flexibility index (Phi) is 7.47. The van der Waals surface area contributed by atoms with Gasteiger partial charge in [-0.15, -0.1) is 0 Å². The van der Waals surface area contributed by atoms with Crippen molar-refractivity contribution in [2.45, 2.75) is 39.5 Å². The number of unbranched alkanes of at least 4 members (excludes halogenated alkanes) is 2. The molecule has 0 spiro atoms. The van der Waals surface area contributed by atoms with Gasteiger partial charge in [0.15, 0.2) is 0 Å². The van der Waals surface area contributed by atoms with Gasteiger partial charge in [-0.05, 0) is 12.3 Å². The van der Waals surface area contributed by atoms with Gasteiger partial charge < -0.3 is 4.89 Å². The molecule has 0 aromatic carbocycles. The van der Waals surface area contributed by atoms with Gasteiger partial charge in [0.05, 0.1) is 6.61 Å². The topological polar surface area (TPSA) is 55.8 Å². The summed E-state index contributed by atoms with van der Waals surface area (Å²) >= 11 is 0. The quantitative estimate of drug-likeness (QED) is 0.508. The fourth-order valence-electron chi connectivity index (χ4n) is 1.06. The zero-order valence-corrected chi connectivity index (χ0v) is 10.1. The number of phosphoric ester groups is 1. The third-order valence-corrected chi connectivity index (χ3v) is 2.88. The zero-order chi connectivity index (χ0) is 11.0. The minimum absolute atomic E-state index is 0.291. The first-order valence-electron chi connectivity index (χ1n) is 5.01. The lowest BCUT2D eigenvalue weighted by molar-refractivity contribution is 0.170. The van der Waals surface area contributed by atoms with Crippen LogP contribution in [0.25, 0.3) is 0 Å². The summed E-state index contributed by atoms with van der Waals surface area (Å²) in [5, 5.41) is 0. The van der Waals surface area contributed by atoms with Crippen LogP contribution < -0.4 is 0 Å². The first-order valence-corrected chi connectivity index (χ1v) is 6.50. The van der Waals surface area contributed by atoms with Gasteiger partial charge in [-0.3, -0.25) is 9.05 Å². The molecule has 0 bridgehead atoms. The lowest BCUT2D eigenvalue weighted by atomic mass is 10.1. The van der Waals surface area contributed by atoms with E-state index in [0.717, 1.165) is 25.2 Å². The van der Waals surface area contributed by atoms with Crippen molar-refractivity contribution in [2.75, 3.05) is 13.7 Å². The summed E-state index contributed by atoms with van der Waals surface area (Å²) in [5.41, 5.74) is 0. The molecule has 0 aromatic rings. The number of rotatable bonds is 8. The highest BCUT2D eigenvalue weighted by Crippen LogP contribution is 2.41. The Hall–Kier alpha value is 0.110. The summed E-state index contributed by atoms with van der Waals surface area (Å²) in [7, 11) is -2.57. The van der Waals surface area contributed by atoms with Gasteiger partial charge in [0.1, 0.15) is 0 Å². The highest BCUT2D eigenvalue weighted by Gasteiger charge is 2.17. The molecule has 0 aliphatic rings. The van der Waals surface area contributed by atoms with E-state index >= 15 is 0 Å². The zero-order valence-electron chi connectivity index (χ0n) is 9.23. The van der Waals surface area contributed by atoms with Crippen LogP contribution in [0.5, 0.6) is 0 Å². The average molecular weight is 224 g/mol. The maximum Gasteiger partial charge on any atom is 0.471 e. The van der Waals surface area contributed by atoms with Crippen molar-refractivity contribution < 1.29 is 18.5 Å². The van der Waals surface area contributed by atoms with Crippen LogP contribution in [0.3, 0.4) is 0 Å². The van der Waals surface area contributed by atoms with Gasteiger partial charge in [0.25, 0.3) is 0 Å². The predicted octanol–water partition coefficient (Wildman–Crippen LogP) is 2.97. The molecule has 86 valence electrons. The maximum absolute atomic E-state index is 10.8. The number of hydrogen-bond donors (Lipinski definition) is 1. The predicted molar refractivity (Wildman–Crippen MR) is 56.1 cm³/mol. The minimum Gasteiger partial charge on any atom is -0.303 e. The summed E-state index contributed by atoms with van der Waals surface area (Å²) in [6.07, 6.45) is 4.17. The monoisotopic (exact) mass is 224 g/mol. The second-order valence-electron chi connectivity index (χ2n) is 3.73. The van der Waals surface area contributed by atoms with E-state index in [2.05, 4.69) is 22.9 Å². The van der Waals surface area contributed by atoms with Crippen LogP contribution in [-0.2, 0) is 13.6 Å². The molecule has 0 aromatic heterocycles. The molecule has 4 nitrogen and oxygen atoms in total. The van der Waals surface area contributed by atoms with Crippen LogP contribution in [0.2, 0.25) is 0 Å². The minimum atomic E-state index is -3.74. The molecule has 1 unspecified atom stereocenters. The first-order chi connectivity index (χ1) is 6.48. The molecule has 1 atom stereocenters. The third-order valence-electron chi connectivity index (χ3n) is 1.91. The molecule has 0 rings (SSSR count). The van der Waals surface area contributed by atoms with E-state index in [1.165, 1.54) is 13.5 Å². The van der Waals surface area contributed by atoms with E-state index in [-0.39, 0.29) is 0 Å². The Bertz CT molecular complexity index is 182. The van der Waals surface area contributed by atoms with Crippen LogP contribution in [0, 0.1) is 5.92 Å². The van der Waals surface area contributed by atoms with E-state index in [0.29, 0.717) is 6.61 Å². The number of phosphoric acid groups is 1. The molecule has 0 aliphatic carbocycles. The van der Waals surface area contributed by atoms with E-state index in [1.807, 2.05) is 0 Å². The number of hydrogen-bond acceptors (Lipinski definition) is 3. The smallest absolute Gasteiger partial charge is 0.303 e. The van der Waals surface area contributed by atoms with Crippen LogP contribution in [0.4, 0.5) is 0 Å². The Labute approximate surface area is 86.2 Å². The normalized spacial score (nSPS) is 15.8. The molecule has 0 fully saturated rings. The molecule has 0 saturated carbocycles. The van der Waals surface area contributed by atoms with Gasteiger partial charge in [-0.2, -0.15) is 0 Å². The van der Waals surface area contributed by atoms with E-state index in [1.54, 1.807) is 0 Å². The molecule has 5 heteroatoms. The summed E-state index contributed by atoms with van der Waals surface area (Å²) < 4.78 is 19.8. The highest BCUT2D eigenvalue weighted by molar-refractivity contribution is 7.47. The van der Waals surface area contributed by atoms with Gasteiger partial charge in [-0.25, -0.2) is 4.57 Å². The van der Waals surface area contributed by atoms with Crippen molar-refractivity contribution in [1.82, 2.24) is 0 Å². The van der Waals surface area contributed by atoms with Crippen LogP contribution >= 0.6 is 7.82 Å². The Morgan fingerprint density at radius 1 is 1.29 bits per heavy atom. The van der Waals surface area contributed by atoms with Crippen LogP contribution in [-0.4, -0.2) is 18.6 Å². The van der Waals surface area contributed by atoms with Gasteiger partial charge in [-0.1, -0.05) is 33.1 Å². The SMILES string of the molecule is COP(=O)(O)OCCCCCC(C)C. The Morgan fingerprint density at radius 2 is 1.93 bits per heavy atom. The summed E-state index contributed by atoms with van der Waals surface area (Å²) in [4.78, 5) is 8.88. The molecule has 0 radical (unpaired) electrons. The van der Waals surface area contributed by atoms with Crippen molar-refractivity contribution in [3.05, 3.63) is 0 Å². The summed E-state index contributed by atoms with van der Waals surface area (Å²) in [5.74, 6) is 0.721. The second kappa shape index (κ2) is 7.41. The van der Waals surface area contributed by atoms with Crippen molar-refractivity contribution in [3.8, 4) is 0 Å². The Morgan fingerprint density at radius 3 is 2.43 bits per heavy atom. The molecule has 0 saturated heterocycles. The molecule has 0 aliphatic heterocycles. The molecule has 1 N–H and O–H groups in total. The Balaban J connectivity index is 3.26. The third kappa shape index (κ3) is 8.70. The maximum atomic E-state index is 10.8. The van der Waals surface area contributed by atoms with E-state index in [4.69, 9.17) is 4.89 Å².